The van der Waals surface area contributed by atoms with Crippen molar-refractivity contribution >= 4 is 28.3 Å². The van der Waals surface area contributed by atoms with Crippen molar-refractivity contribution in [3.05, 3.63) is 60.4 Å². The highest BCUT2D eigenvalue weighted by Crippen LogP contribution is 2.49. The van der Waals surface area contributed by atoms with Crippen LogP contribution in [0, 0.1) is 11.8 Å². The van der Waals surface area contributed by atoms with Crippen molar-refractivity contribution in [2.45, 2.75) is 75.9 Å². The summed E-state index contributed by atoms with van der Waals surface area (Å²) in [6.45, 7) is 0. The van der Waals surface area contributed by atoms with Crippen LogP contribution in [0.4, 0.5) is 11.4 Å². The van der Waals surface area contributed by atoms with E-state index in [0.29, 0.717) is 5.92 Å². The molecule has 3 aliphatic rings. The fourth-order valence-corrected chi connectivity index (χ4v) is 6.61. The van der Waals surface area contributed by atoms with Crippen molar-refractivity contribution in [2.24, 2.45) is 11.8 Å². The van der Waals surface area contributed by atoms with E-state index in [0.717, 1.165) is 53.7 Å². The second kappa shape index (κ2) is 9.48. The summed E-state index contributed by atoms with van der Waals surface area (Å²) < 4.78 is 0. The standard InChI is InChI=1S/C29H35N5O/c35-28(32-22-11-5-2-6-12-22)27(20-9-3-1-4-10-20)29(33-24-13-7-8-14-25(24)34-29)21-15-16-23-26(19-21)31-18-17-30-23/h7-8,13-20,22,27,33-34H,1-6,9-12H2,(H,32,35). The normalized spacial score (nSPS) is 21.0. The maximum absolute atomic E-state index is 14.3. The molecule has 1 amide bonds. The number of aromatic nitrogens is 2. The summed E-state index contributed by atoms with van der Waals surface area (Å²) >= 11 is 0. The third kappa shape index (κ3) is 4.24. The Morgan fingerprint density at radius 1 is 0.829 bits per heavy atom. The topological polar surface area (TPSA) is 78.9 Å². The Hall–Kier alpha value is -3.15. The van der Waals surface area contributed by atoms with Crippen molar-refractivity contribution < 1.29 is 4.79 Å². The van der Waals surface area contributed by atoms with Crippen LogP contribution < -0.4 is 16.0 Å². The Morgan fingerprint density at radius 3 is 2.14 bits per heavy atom. The van der Waals surface area contributed by atoms with E-state index in [1.807, 2.05) is 18.2 Å². The molecule has 3 aromatic rings. The molecule has 6 nitrogen and oxygen atoms in total. The summed E-state index contributed by atoms with van der Waals surface area (Å²) in [6, 6.07) is 14.8. The maximum Gasteiger partial charge on any atom is 0.228 e. The maximum atomic E-state index is 14.3. The van der Waals surface area contributed by atoms with Gasteiger partial charge in [-0.2, -0.15) is 0 Å². The molecule has 1 aromatic heterocycles. The number of hydrogen-bond acceptors (Lipinski definition) is 5. The minimum Gasteiger partial charge on any atom is -0.357 e. The van der Waals surface area contributed by atoms with Crippen LogP contribution >= 0.6 is 0 Å². The Morgan fingerprint density at radius 2 is 1.46 bits per heavy atom. The molecule has 6 heteroatoms. The molecule has 1 aliphatic heterocycles. The fourth-order valence-electron chi connectivity index (χ4n) is 6.61. The molecular formula is C29H35N5O. The lowest BCUT2D eigenvalue weighted by Gasteiger charge is -2.44. The highest BCUT2D eigenvalue weighted by Gasteiger charge is 2.52. The largest absolute Gasteiger partial charge is 0.357 e. The van der Waals surface area contributed by atoms with Gasteiger partial charge in [-0.05, 0) is 55.9 Å². The first-order chi connectivity index (χ1) is 17.2. The lowest BCUT2D eigenvalue weighted by Crippen LogP contribution is -2.56. The number of nitrogens with one attached hydrogen (secondary N) is 3. The number of anilines is 2. The van der Waals surface area contributed by atoms with E-state index < -0.39 is 5.66 Å². The molecule has 6 rings (SSSR count). The lowest BCUT2D eigenvalue weighted by molar-refractivity contribution is -0.130. The van der Waals surface area contributed by atoms with Crippen molar-refractivity contribution in [1.29, 1.82) is 0 Å². The highest BCUT2D eigenvalue weighted by molar-refractivity contribution is 5.87. The number of hydrogen-bond donors (Lipinski definition) is 3. The molecule has 2 aromatic carbocycles. The van der Waals surface area contributed by atoms with Crippen LogP contribution in [-0.4, -0.2) is 21.9 Å². The van der Waals surface area contributed by atoms with Crippen LogP contribution in [0.3, 0.4) is 0 Å². The predicted molar refractivity (Wildman–Crippen MR) is 140 cm³/mol. The molecule has 35 heavy (non-hydrogen) atoms. The van der Waals surface area contributed by atoms with Gasteiger partial charge in [0, 0.05) is 24.0 Å². The van der Waals surface area contributed by atoms with E-state index in [2.05, 4.69) is 50.2 Å². The average Bonchev–Trinajstić information content (AvgIpc) is 3.30. The van der Waals surface area contributed by atoms with Gasteiger partial charge < -0.3 is 16.0 Å². The van der Waals surface area contributed by atoms with Gasteiger partial charge in [0.05, 0.1) is 28.3 Å². The second-order valence-electron chi connectivity index (χ2n) is 10.6. The van der Waals surface area contributed by atoms with E-state index in [1.54, 1.807) is 12.4 Å². The van der Waals surface area contributed by atoms with E-state index >= 15 is 0 Å². The van der Waals surface area contributed by atoms with Crippen molar-refractivity contribution in [1.82, 2.24) is 15.3 Å². The Kier molecular flexibility index (Phi) is 6.05. The Labute approximate surface area is 207 Å². The van der Waals surface area contributed by atoms with Crippen LogP contribution in [-0.2, 0) is 10.5 Å². The number of nitrogens with zero attached hydrogens (tertiary/aromatic N) is 2. The van der Waals surface area contributed by atoms with Gasteiger partial charge in [-0.1, -0.05) is 56.7 Å². The molecule has 3 N–H and O–H groups in total. The summed E-state index contributed by atoms with van der Waals surface area (Å²) in [5.74, 6) is 0.237. The van der Waals surface area contributed by atoms with Gasteiger partial charge in [0.1, 0.15) is 5.66 Å². The lowest BCUT2D eigenvalue weighted by atomic mass is 9.71. The van der Waals surface area contributed by atoms with Gasteiger partial charge in [0.25, 0.3) is 0 Å². The molecule has 0 bridgehead atoms. The van der Waals surface area contributed by atoms with E-state index in [-0.39, 0.29) is 17.9 Å². The summed E-state index contributed by atoms with van der Waals surface area (Å²) in [5.41, 5.74) is 4.09. The number of fused-ring (bicyclic) bond motifs is 2. The summed E-state index contributed by atoms with van der Waals surface area (Å²) in [5, 5.41) is 11.2. The van der Waals surface area contributed by atoms with E-state index in [4.69, 9.17) is 0 Å². The first-order valence-electron chi connectivity index (χ1n) is 13.4. The highest BCUT2D eigenvalue weighted by atomic mass is 16.2. The Bertz CT molecular complexity index is 1170. The van der Waals surface area contributed by atoms with Crippen molar-refractivity contribution in [3.8, 4) is 0 Å². The molecule has 0 saturated heterocycles. The number of carbonyl (C=O) groups excluding carboxylic acids is 1. The monoisotopic (exact) mass is 469 g/mol. The van der Waals surface area contributed by atoms with Gasteiger partial charge in [-0.25, -0.2) is 0 Å². The molecular weight excluding hydrogens is 434 g/mol. The van der Waals surface area contributed by atoms with Crippen LogP contribution in [0.5, 0.6) is 0 Å². The molecule has 2 heterocycles. The molecule has 0 spiro atoms. The van der Waals surface area contributed by atoms with Crippen LogP contribution in [0.2, 0.25) is 0 Å². The zero-order valence-electron chi connectivity index (χ0n) is 20.3. The third-order valence-electron chi connectivity index (χ3n) is 8.34. The molecule has 2 fully saturated rings. The molecule has 182 valence electrons. The number of rotatable bonds is 5. The first kappa shape index (κ1) is 22.3. The van der Waals surface area contributed by atoms with Gasteiger partial charge >= 0.3 is 0 Å². The van der Waals surface area contributed by atoms with E-state index in [9.17, 15) is 4.79 Å². The molecule has 2 saturated carbocycles. The first-order valence-corrected chi connectivity index (χ1v) is 13.4. The minimum absolute atomic E-state index is 0.177. The van der Waals surface area contributed by atoms with Gasteiger partial charge in [-0.3, -0.25) is 14.8 Å². The van der Waals surface area contributed by atoms with Crippen molar-refractivity contribution in [2.75, 3.05) is 10.6 Å². The summed E-state index contributed by atoms with van der Waals surface area (Å²) in [6.07, 6.45) is 15.1. The number of carbonyl (C=O) groups is 1. The molecule has 1 unspecified atom stereocenters. The molecule has 1 atom stereocenters. The van der Waals surface area contributed by atoms with E-state index in [1.165, 1.54) is 38.5 Å². The van der Waals surface area contributed by atoms with Crippen molar-refractivity contribution in [3.63, 3.8) is 0 Å². The third-order valence-corrected chi connectivity index (χ3v) is 8.34. The van der Waals surface area contributed by atoms with Crippen LogP contribution in [0.15, 0.2) is 54.9 Å². The Balaban J connectivity index is 1.46. The average molecular weight is 470 g/mol. The number of benzene rings is 2. The summed E-state index contributed by atoms with van der Waals surface area (Å²) in [4.78, 5) is 23.3. The number of para-hydroxylation sites is 2. The smallest absolute Gasteiger partial charge is 0.228 e. The molecule has 2 aliphatic carbocycles. The zero-order valence-corrected chi connectivity index (χ0v) is 20.3. The van der Waals surface area contributed by atoms with Gasteiger partial charge in [0.2, 0.25) is 5.91 Å². The predicted octanol–water partition coefficient (Wildman–Crippen LogP) is 5.97. The minimum atomic E-state index is -0.740. The van der Waals surface area contributed by atoms with Gasteiger partial charge in [-0.15, -0.1) is 0 Å². The number of amides is 1. The zero-order chi connectivity index (χ0) is 23.7. The van der Waals surface area contributed by atoms with Crippen LogP contribution in [0.25, 0.3) is 11.0 Å². The SMILES string of the molecule is O=C(NC1CCCCC1)C(C1CCCCC1)C1(c2ccc3nccnc3c2)Nc2ccccc2N1. The van der Waals surface area contributed by atoms with Gasteiger partial charge in [0.15, 0.2) is 0 Å². The second-order valence-corrected chi connectivity index (χ2v) is 10.6. The molecule has 0 radical (unpaired) electrons. The fraction of sp³-hybridized carbons (Fsp3) is 0.483. The quantitative estimate of drug-likeness (QED) is 0.429. The summed E-state index contributed by atoms with van der Waals surface area (Å²) in [7, 11) is 0. The van der Waals surface area contributed by atoms with Crippen LogP contribution in [0.1, 0.15) is 69.8 Å².